The molecule has 0 aliphatic heterocycles. The van der Waals surface area contributed by atoms with Gasteiger partial charge in [-0.25, -0.2) is 4.39 Å². The van der Waals surface area contributed by atoms with Gasteiger partial charge >= 0.3 is 0 Å². The summed E-state index contributed by atoms with van der Waals surface area (Å²) in [5, 5.41) is 0. The summed E-state index contributed by atoms with van der Waals surface area (Å²) in [5.41, 5.74) is 1.25. The Hall–Kier alpha value is -0.850. The third kappa shape index (κ3) is 3.23. The van der Waals surface area contributed by atoms with E-state index in [0.717, 1.165) is 0 Å². The summed E-state index contributed by atoms with van der Waals surface area (Å²) in [4.78, 5) is 0. The second-order valence-corrected chi connectivity index (χ2v) is 2.30. The van der Waals surface area contributed by atoms with Crippen LogP contribution in [0.5, 0.6) is 0 Å². The van der Waals surface area contributed by atoms with E-state index in [1.54, 1.807) is 6.92 Å². The first-order valence-corrected chi connectivity index (χ1v) is 3.28. The van der Waals surface area contributed by atoms with E-state index in [1.807, 2.05) is 6.92 Å². The Morgan fingerprint density at radius 3 is 2.30 bits per heavy atom. The van der Waals surface area contributed by atoms with E-state index < -0.39 is 0 Å². The Bertz CT molecular complexity index is 175. The van der Waals surface area contributed by atoms with Crippen molar-refractivity contribution in [3.05, 3.63) is 36.2 Å². The first-order chi connectivity index (χ1) is 4.57. The van der Waals surface area contributed by atoms with Crippen LogP contribution in [0.15, 0.2) is 36.2 Å². The van der Waals surface area contributed by atoms with Gasteiger partial charge in [-0.05, 0) is 25.0 Å². The van der Waals surface area contributed by atoms with Crippen molar-refractivity contribution in [1.29, 1.82) is 0 Å². The number of rotatable bonds is 3. The lowest BCUT2D eigenvalue weighted by Crippen LogP contribution is -1.78. The molecule has 0 unspecified atom stereocenters. The fourth-order valence-electron chi connectivity index (χ4n) is 0.487. The Labute approximate surface area is 61.8 Å². The topological polar surface area (TPSA) is 0 Å². The molecule has 10 heavy (non-hydrogen) atoms. The summed E-state index contributed by atoms with van der Waals surface area (Å²) >= 11 is 0. The molecular weight excluding hydrogens is 127 g/mol. The summed E-state index contributed by atoms with van der Waals surface area (Å²) in [6.45, 7) is 10.7. The molecule has 0 aromatic carbocycles. The van der Waals surface area contributed by atoms with Crippen LogP contribution in [0.2, 0.25) is 0 Å². The van der Waals surface area contributed by atoms with Crippen LogP contribution in [-0.2, 0) is 0 Å². The molecule has 0 saturated carbocycles. The van der Waals surface area contributed by atoms with E-state index >= 15 is 0 Å². The highest BCUT2D eigenvalue weighted by molar-refractivity contribution is 5.28. The first kappa shape index (κ1) is 9.15. The van der Waals surface area contributed by atoms with Crippen LogP contribution in [0.1, 0.15) is 20.3 Å². The highest BCUT2D eigenvalue weighted by atomic mass is 19.1. The number of hydrogen-bond acceptors (Lipinski definition) is 0. The molecule has 1 heteroatoms. The molecule has 0 aliphatic rings. The molecule has 0 bridgehead atoms. The van der Waals surface area contributed by atoms with Crippen molar-refractivity contribution in [2.45, 2.75) is 20.3 Å². The van der Waals surface area contributed by atoms with Crippen LogP contribution >= 0.6 is 0 Å². The van der Waals surface area contributed by atoms with Crippen molar-refractivity contribution < 1.29 is 4.39 Å². The highest BCUT2D eigenvalue weighted by Gasteiger charge is 1.96. The van der Waals surface area contributed by atoms with Crippen LogP contribution < -0.4 is 0 Å². The van der Waals surface area contributed by atoms with E-state index in [0.29, 0.717) is 17.6 Å². The van der Waals surface area contributed by atoms with Crippen molar-refractivity contribution in [3.63, 3.8) is 0 Å². The minimum absolute atomic E-state index is 0.255. The van der Waals surface area contributed by atoms with Gasteiger partial charge in [-0.1, -0.05) is 25.7 Å². The molecule has 0 amide bonds. The standard InChI is InChI=1S/C9H13F/c1-5-8(4)9(10)6-7(2)3/h6H,2,4-5H2,1,3H3/b9-6+. The summed E-state index contributed by atoms with van der Waals surface area (Å²) in [6.07, 6.45) is 2.04. The average Bonchev–Trinajstić information content (AvgIpc) is 1.85. The number of halogens is 1. The largest absolute Gasteiger partial charge is 0.207 e. The van der Waals surface area contributed by atoms with Gasteiger partial charge in [0.2, 0.25) is 0 Å². The average molecular weight is 140 g/mol. The number of hydrogen-bond donors (Lipinski definition) is 0. The molecule has 0 saturated heterocycles. The molecule has 0 spiro atoms. The lowest BCUT2D eigenvalue weighted by atomic mass is 10.2. The SMILES string of the molecule is C=C(C)/C=C(/F)C(=C)CC. The third-order valence-corrected chi connectivity index (χ3v) is 1.14. The summed E-state index contributed by atoms with van der Waals surface area (Å²) in [5.74, 6) is -0.255. The van der Waals surface area contributed by atoms with Crippen LogP contribution in [-0.4, -0.2) is 0 Å². The van der Waals surface area contributed by atoms with Gasteiger partial charge in [0.15, 0.2) is 0 Å². The normalized spacial score (nSPS) is 11.3. The predicted molar refractivity (Wildman–Crippen MR) is 43.4 cm³/mol. The molecule has 0 N–H and O–H groups in total. The molecule has 0 heterocycles. The molecular formula is C9H13F. The van der Waals surface area contributed by atoms with E-state index in [4.69, 9.17) is 0 Å². The second-order valence-electron chi connectivity index (χ2n) is 2.30. The maximum atomic E-state index is 12.7. The van der Waals surface area contributed by atoms with E-state index in [9.17, 15) is 4.39 Å². The van der Waals surface area contributed by atoms with Crippen molar-refractivity contribution in [3.8, 4) is 0 Å². The van der Waals surface area contributed by atoms with Gasteiger partial charge in [-0.3, -0.25) is 0 Å². The third-order valence-electron chi connectivity index (χ3n) is 1.14. The molecule has 0 atom stereocenters. The molecule has 56 valence electrons. The molecule has 0 aliphatic carbocycles. The van der Waals surface area contributed by atoms with Crippen LogP contribution in [0.3, 0.4) is 0 Å². The smallest absolute Gasteiger partial charge is 0.126 e. The van der Waals surface area contributed by atoms with Gasteiger partial charge in [0, 0.05) is 0 Å². The molecule has 0 fully saturated rings. The van der Waals surface area contributed by atoms with Gasteiger partial charge < -0.3 is 0 Å². The van der Waals surface area contributed by atoms with Gasteiger partial charge in [0.25, 0.3) is 0 Å². The zero-order valence-electron chi connectivity index (χ0n) is 6.58. The minimum Gasteiger partial charge on any atom is -0.207 e. The van der Waals surface area contributed by atoms with E-state index in [-0.39, 0.29) is 5.83 Å². The maximum absolute atomic E-state index is 12.7. The van der Waals surface area contributed by atoms with Gasteiger partial charge in [-0.15, -0.1) is 0 Å². The minimum atomic E-state index is -0.255. The monoisotopic (exact) mass is 140 g/mol. The van der Waals surface area contributed by atoms with Crippen molar-refractivity contribution in [2.24, 2.45) is 0 Å². The van der Waals surface area contributed by atoms with Crippen molar-refractivity contribution in [2.75, 3.05) is 0 Å². The Morgan fingerprint density at radius 1 is 1.50 bits per heavy atom. The second kappa shape index (κ2) is 4.04. The highest BCUT2D eigenvalue weighted by Crippen LogP contribution is 2.13. The van der Waals surface area contributed by atoms with Gasteiger partial charge in [0.05, 0.1) is 0 Å². The van der Waals surface area contributed by atoms with Crippen LogP contribution in [0, 0.1) is 0 Å². The van der Waals surface area contributed by atoms with Gasteiger partial charge in [0.1, 0.15) is 5.83 Å². The maximum Gasteiger partial charge on any atom is 0.126 e. The van der Waals surface area contributed by atoms with Crippen molar-refractivity contribution in [1.82, 2.24) is 0 Å². The quantitative estimate of drug-likeness (QED) is 0.527. The molecule has 0 aromatic rings. The fraction of sp³-hybridized carbons (Fsp3) is 0.333. The lowest BCUT2D eigenvalue weighted by molar-refractivity contribution is 0.643. The van der Waals surface area contributed by atoms with Crippen molar-refractivity contribution >= 4 is 0 Å². The fourth-order valence-corrected chi connectivity index (χ4v) is 0.487. The van der Waals surface area contributed by atoms with Crippen LogP contribution in [0.4, 0.5) is 4.39 Å². The van der Waals surface area contributed by atoms with Crippen LogP contribution in [0.25, 0.3) is 0 Å². The zero-order chi connectivity index (χ0) is 8.15. The Balaban J connectivity index is 4.19. The predicted octanol–water partition coefficient (Wildman–Crippen LogP) is 3.38. The summed E-state index contributed by atoms with van der Waals surface area (Å²) in [6, 6.07) is 0. The van der Waals surface area contributed by atoms with E-state index in [2.05, 4.69) is 13.2 Å². The van der Waals surface area contributed by atoms with E-state index in [1.165, 1.54) is 6.08 Å². The lowest BCUT2D eigenvalue weighted by Gasteiger charge is -1.96. The summed E-state index contributed by atoms with van der Waals surface area (Å²) < 4.78 is 12.7. The molecule has 0 nitrogen and oxygen atoms in total. The summed E-state index contributed by atoms with van der Waals surface area (Å²) in [7, 11) is 0. The first-order valence-electron chi connectivity index (χ1n) is 3.28. The molecule has 0 rings (SSSR count). The number of allylic oxidation sites excluding steroid dienone is 4. The Kier molecular flexibility index (Phi) is 3.70. The molecule has 0 aromatic heterocycles. The van der Waals surface area contributed by atoms with Gasteiger partial charge in [-0.2, -0.15) is 0 Å². The zero-order valence-corrected chi connectivity index (χ0v) is 6.58. The molecule has 0 radical (unpaired) electrons. The Morgan fingerprint density at radius 2 is 2.00 bits per heavy atom.